The number of hydrogen-bond donors (Lipinski definition) is 1. The van der Waals surface area contributed by atoms with Crippen molar-refractivity contribution in [3.63, 3.8) is 0 Å². The zero-order valence-electron chi connectivity index (χ0n) is 9.76. The molecule has 0 aromatic heterocycles. The van der Waals surface area contributed by atoms with Crippen LogP contribution in [0.2, 0.25) is 0 Å². The van der Waals surface area contributed by atoms with Crippen LogP contribution in [-0.4, -0.2) is 29.6 Å². The molecule has 1 aromatic carbocycles. The van der Waals surface area contributed by atoms with Crippen LogP contribution in [0, 0.1) is 5.92 Å². The molecule has 2 nitrogen and oxygen atoms in total. The van der Waals surface area contributed by atoms with Gasteiger partial charge in [-0.3, -0.25) is 0 Å². The molecule has 3 atom stereocenters. The van der Waals surface area contributed by atoms with Crippen LogP contribution in [0.4, 0.5) is 0 Å². The highest BCUT2D eigenvalue weighted by molar-refractivity contribution is 5.40. The quantitative estimate of drug-likeness (QED) is 0.820. The SMILES string of the molecule is CCCN1CC2c3ccccc3C(O)C2C1. The van der Waals surface area contributed by atoms with Gasteiger partial charge in [-0.2, -0.15) is 0 Å². The maximum Gasteiger partial charge on any atom is 0.0839 e. The zero-order valence-corrected chi connectivity index (χ0v) is 9.76. The monoisotopic (exact) mass is 217 g/mol. The van der Waals surface area contributed by atoms with Crippen LogP contribution in [0.25, 0.3) is 0 Å². The first-order chi connectivity index (χ1) is 7.81. The first kappa shape index (κ1) is 10.3. The first-order valence-corrected chi connectivity index (χ1v) is 6.30. The second-order valence-electron chi connectivity index (χ2n) is 5.10. The summed E-state index contributed by atoms with van der Waals surface area (Å²) < 4.78 is 0. The van der Waals surface area contributed by atoms with Gasteiger partial charge in [-0.15, -0.1) is 0 Å². The Labute approximate surface area is 96.9 Å². The minimum Gasteiger partial charge on any atom is -0.388 e. The first-order valence-electron chi connectivity index (χ1n) is 6.30. The fourth-order valence-electron chi connectivity index (χ4n) is 3.41. The van der Waals surface area contributed by atoms with E-state index >= 15 is 0 Å². The van der Waals surface area contributed by atoms with Gasteiger partial charge in [0.15, 0.2) is 0 Å². The van der Waals surface area contributed by atoms with E-state index in [-0.39, 0.29) is 6.10 Å². The highest BCUT2D eigenvalue weighted by Gasteiger charge is 2.44. The summed E-state index contributed by atoms with van der Waals surface area (Å²) in [4.78, 5) is 2.49. The highest BCUT2D eigenvalue weighted by Crippen LogP contribution is 2.48. The van der Waals surface area contributed by atoms with Crippen LogP contribution in [0.5, 0.6) is 0 Å². The van der Waals surface area contributed by atoms with Crippen LogP contribution in [0.15, 0.2) is 24.3 Å². The average Bonchev–Trinajstić information content (AvgIpc) is 2.81. The number of likely N-dealkylation sites (tertiary alicyclic amines) is 1. The molecule has 0 saturated carbocycles. The van der Waals surface area contributed by atoms with Gasteiger partial charge in [0.2, 0.25) is 0 Å². The van der Waals surface area contributed by atoms with Crippen molar-refractivity contribution in [2.75, 3.05) is 19.6 Å². The standard InChI is InChI=1S/C14H19NO/c1-2-7-15-8-12-10-5-3-4-6-11(10)14(16)13(12)9-15/h3-6,12-14,16H,2,7-9H2,1H3. The molecule has 86 valence electrons. The summed E-state index contributed by atoms with van der Waals surface area (Å²) in [5.41, 5.74) is 2.56. The Hall–Kier alpha value is -0.860. The molecule has 1 fully saturated rings. The Kier molecular flexibility index (Phi) is 2.49. The van der Waals surface area contributed by atoms with Crippen molar-refractivity contribution >= 4 is 0 Å². The summed E-state index contributed by atoms with van der Waals surface area (Å²) in [5.74, 6) is 1.00. The van der Waals surface area contributed by atoms with Crippen LogP contribution < -0.4 is 0 Å². The molecular weight excluding hydrogens is 198 g/mol. The second-order valence-corrected chi connectivity index (χ2v) is 5.10. The Morgan fingerprint density at radius 2 is 2.00 bits per heavy atom. The van der Waals surface area contributed by atoms with Crippen molar-refractivity contribution in [3.8, 4) is 0 Å². The largest absolute Gasteiger partial charge is 0.388 e. The number of fused-ring (bicyclic) bond motifs is 3. The molecule has 2 heteroatoms. The number of rotatable bonds is 2. The lowest BCUT2D eigenvalue weighted by molar-refractivity contribution is 0.118. The molecule has 2 aliphatic rings. The van der Waals surface area contributed by atoms with Gasteiger partial charge in [-0.05, 0) is 24.1 Å². The third kappa shape index (κ3) is 1.40. The van der Waals surface area contributed by atoms with E-state index in [9.17, 15) is 5.11 Å². The Bertz CT molecular complexity index is 390. The molecular formula is C14H19NO. The molecule has 1 aliphatic heterocycles. The summed E-state index contributed by atoms with van der Waals surface area (Å²) >= 11 is 0. The fraction of sp³-hybridized carbons (Fsp3) is 0.571. The van der Waals surface area contributed by atoms with E-state index in [4.69, 9.17) is 0 Å². The summed E-state index contributed by atoms with van der Waals surface area (Å²) in [6, 6.07) is 8.41. The van der Waals surface area contributed by atoms with Gasteiger partial charge in [-0.25, -0.2) is 0 Å². The minimum absolute atomic E-state index is 0.233. The molecule has 0 radical (unpaired) electrons. The van der Waals surface area contributed by atoms with Crippen molar-refractivity contribution in [1.82, 2.24) is 4.90 Å². The highest BCUT2D eigenvalue weighted by atomic mass is 16.3. The molecule has 0 spiro atoms. The van der Waals surface area contributed by atoms with E-state index < -0.39 is 0 Å². The lowest BCUT2D eigenvalue weighted by Gasteiger charge is -2.17. The van der Waals surface area contributed by atoms with E-state index in [0.717, 1.165) is 13.1 Å². The lowest BCUT2D eigenvalue weighted by atomic mass is 9.96. The van der Waals surface area contributed by atoms with E-state index in [1.54, 1.807) is 0 Å². The zero-order chi connectivity index (χ0) is 11.1. The van der Waals surface area contributed by atoms with Crippen molar-refractivity contribution in [3.05, 3.63) is 35.4 Å². The van der Waals surface area contributed by atoms with E-state index in [2.05, 4.69) is 30.0 Å². The van der Waals surface area contributed by atoms with Crippen molar-refractivity contribution in [2.24, 2.45) is 5.92 Å². The number of hydrogen-bond acceptors (Lipinski definition) is 2. The lowest BCUT2D eigenvalue weighted by Crippen LogP contribution is -2.23. The summed E-state index contributed by atoms with van der Waals surface area (Å²) in [6.07, 6.45) is 0.972. The third-order valence-electron chi connectivity index (χ3n) is 4.10. The van der Waals surface area contributed by atoms with Gasteiger partial charge >= 0.3 is 0 Å². The van der Waals surface area contributed by atoms with Crippen molar-refractivity contribution in [1.29, 1.82) is 0 Å². The maximum absolute atomic E-state index is 10.3. The Morgan fingerprint density at radius 1 is 1.25 bits per heavy atom. The summed E-state index contributed by atoms with van der Waals surface area (Å²) in [7, 11) is 0. The fourth-order valence-corrected chi connectivity index (χ4v) is 3.41. The van der Waals surface area contributed by atoms with Gasteiger partial charge in [0, 0.05) is 24.9 Å². The molecule has 16 heavy (non-hydrogen) atoms. The van der Waals surface area contributed by atoms with Gasteiger partial charge < -0.3 is 10.0 Å². The topological polar surface area (TPSA) is 23.5 Å². The summed E-state index contributed by atoms with van der Waals surface area (Å²) in [6.45, 7) is 5.58. The van der Waals surface area contributed by atoms with Crippen LogP contribution >= 0.6 is 0 Å². The van der Waals surface area contributed by atoms with Crippen molar-refractivity contribution < 1.29 is 5.11 Å². The van der Waals surface area contributed by atoms with Gasteiger partial charge in [0.25, 0.3) is 0 Å². The van der Waals surface area contributed by atoms with Crippen LogP contribution in [0.1, 0.15) is 36.5 Å². The van der Waals surface area contributed by atoms with Gasteiger partial charge in [0.1, 0.15) is 0 Å². The van der Waals surface area contributed by atoms with E-state index in [1.807, 2.05) is 6.07 Å². The number of benzene rings is 1. The Morgan fingerprint density at radius 3 is 2.75 bits per heavy atom. The molecule has 1 N–H and O–H groups in total. The van der Waals surface area contributed by atoms with Crippen molar-refractivity contribution in [2.45, 2.75) is 25.4 Å². The Balaban J connectivity index is 1.88. The second kappa shape index (κ2) is 3.86. The molecule has 3 rings (SSSR count). The van der Waals surface area contributed by atoms with Gasteiger partial charge in [-0.1, -0.05) is 31.2 Å². The predicted molar refractivity (Wildman–Crippen MR) is 64.4 cm³/mol. The summed E-state index contributed by atoms with van der Waals surface area (Å²) in [5, 5.41) is 10.3. The van der Waals surface area contributed by atoms with Crippen LogP contribution in [0.3, 0.4) is 0 Å². The molecule has 1 aliphatic carbocycles. The van der Waals surface area contributed by atoms with Crippen LogP contribution in [-0.2, 0) is 0 Å². The molecule has 1 heterocycles. The molecule has 1 saturated heterocycles. The minimum atomic E-state index is -0.233. The molecule has 1 aromatic rings. The maximum atomic E-state index is 10.3. The molecule has 3 unspecified atom stereocenters. The number of nitrogens with zero attached hydrogens (tertiary/aromatic N) is 1. The third-order valence-corrected chi connectivity index (χ3v) is 4.10. The normalized spacial score (nSPS) is 32.8. The number of aliphatic hydroxyl groups is 1. The average molecular weight is 217 g/mol. The van der Waals surface area contributed by atoms with E-state index in [1.165, 1.54) is 24.1 Å². The smallest absolute Gasteiger partial charge is 0.0839 e. The number of aliphatic hydroxyl groups excluding tert-OH is 1. The van der Waals surface area contributed by atoms with E-state index in [0.29, 0.717) is 11.8 Å². The van der Waals surface area contributed by atoms with Gasteiger partial charge in [0.05, 0.1) is 6.10 Å². The molecule has 0 bridgehead atoms. The predicted octanol–water partition coefficient (Wildman–Crippen LogP) is 2.16. The molecule has 0 amide bonds.